The second-order valence-electron chi connectivity index (χ2n) is 4.90. The molecule has 1 fully saturated rings. The highest BCUT2D eigenvalue weighted by Crippen LogP contribution is 2.16. The minimum absolute atomic E-state index is 0.345. The average molecular weight is 264 g/mol. The highest BCUT2D eigenvalue weighted by molar-refractivity contribution is 7.80. The summed E-state index contributed by atoms with van der Waals surface area (Å²) >= 11 is 4.93. The van der Waals surface area contributed by atoms with Crippen LogP contribution in [0.25, 0.3) is 0 Å². The number of hydrogen-bond donors (Lipinski definition) is 2. The van der Waals surface area contributed by atoms with Crippen LogP contribution in [0.3, 0.4) is 0 Å². The van der Waals surface area contributed by atoms with Gasteiger partial charge >= 0.3 is 0 Å². The van der Waals surface area contributed by atoms with Gasteiger partial charge in [-0.15, -0.1) is 0 Å². The fourth-order valence-electron chi connectivity index (χ4n) is 2.19. The maximum absolute atomic E-state index is 5.57. The van der Waals surface area contributed by atoms with Crippen molar-refractivity contribution in [3.8, 4) is 0 Å². The van der Waals surface area contributed by atoms with Crippen molar-refractivity contribution >= 4 is 23.0 Å². The van der Waals surface area contributed by atoms with E-state index in [1.165, 1.54) is 25.9 Å². The number of nitrogens with one attached hydrogen (secondary N) is 1. The zero-order chi connectivity index (χ0) is 13.0. The zero-order valence-electron chi connectivity index (χ0n) is 10.7. The van der Waals surface area contributed by atoms with Gasteiger partial charge in [0.1, 0.15) is 10.8 Å². The van der Waals surface area contributed by atoms with Gasteiger partial charge in [0.25, 0.3) is 0 Å². The number of nitrogens with two attached hydrogens (primary N) is 1. The lowest BCUT2D eigenvalue weighted by molar-refractivity contribution is 0.226. The number of piperidine rings is 1. The van der Waals surface area contributed by atoms with E-state index in [1.54, 1.807) is 0 Å². The molecule has 0 radical (unpaired) electrons. The van der Waals surface area contributed by atoms with E-state index in [0.29, 0.717) is 10.7 Å². The van der Waals surface area contributed by atoms with E-state index in [1.807, 2.05) is 18.2 Å². The number of aromatic nitrogens is 1. The minimum Gasteiger partial charge on any atom is -0.388 e. The minimum atomic E-state index is 0.345. The van der Waals surface area contributed by atoms with E-state index in [-0.39, 0.29) is 0 Å². The molecule has 0 amide bonds. The van der Waals surface area contributed by atoms with E-state index in [9.17, 15) is 0 Å². The maximum Gasteiger partial charge on any atom is 0.126 e. The van der Waals surface area contributed by atoms with Crippen molar-refractivity contribution in [2.24, 2.45) is 11.7 Å². The molecule has 0 saturated carbocycles. The van der Waals surface area contributed by atoms with Crippen molar-refractivity contribution in [2.45, 2.75) is 12.8 Å². The molecule has 2 heterocycles. The Balaban J connectivity index is 1.86. The van der Waals surface area contributed by atoms with E-state index < -0.39 is 0 Å². The Hall–Kier alpha value is -1.20. The van der Waals surface area contributed by atoms with Gasteiger partial charge in [-0.25, -0.2) is 4.98 Å². The third-order valence-electron chi connectivity index (χ3n) is 3.41. The van der Waals surface area contributed by atoms with Gasteiger partial charge in [0.15, 0.2) is 0 Å². The van der Waals surface area contributed by atoms with Gasteiger partial charge in [-0.05, 0) is 51.0 Å². The summed E-state index contributed by atoms with van der Waals surface area (Å²) in [6.07, 6.45) is 2.50. The van der Waals surface area contributed by atoms with Gasteiger partial charge in [0.2, 0.25) is 0 Å². The largest absolute Gasteiger partial charge is 0.388 e. The Morgan fingerprint density at radius 1 is 1.50 bits per heavy atom. The molecule has 2 rings (SSSR count). The van der Waals surface area contributed by atoms with Crippen molar-refractivity contribution in [1.82, 2.24) is 9.88 Å². The third kappa shape index (κ3) is 3.65. The van der Waals surface area contributed by atoms with Gasteiger partial charge < -0.3 is 16.0 Å². The molecule has 5 heteroatoms. The summed E-state index contributed by atoms with van der Waals surface area (Å²) in [6, 6.07) is 5.72. The van der Waals surface area contributed by atoms with Crippen LogP contribution < -0.4 is 11.1 Å². The number of likely N-dealkylation sites (tertiary alicyclic amines) is 1. The second kappa shape index (κ2) is 6.11. The number of pyridine rings is 1. The number of anilines is 1. The average Bonchev–Trinajstić information content (AvgIpc) is 2.38. The van der Waals surface area contributed by atoms with Gasteiger partial charge in [-0.3, -0.25) is 0 Å². The molecule has 0 unspecified atom stereocenters. The lowest BCUT2D eigenvalue weighted by Gasteiger charge is -2.29. The van der Waals surface area contributed by atoms with E-state index in [2.05, 4.69) is 22.2 Å². The molecule has 4 nitrogen and oxygen atoms in total. The van der Waals surface area contributed by atoms with Crippen LogP contribution in [0.1, 0.15) is 18.5 Å². The maximum atomic E-state index is 5.57. The third-order valence-corrected chi connectivity index (χ3v) is 3.62. The van der Waals surface area contributed by atoms with Crippen LogP contribution in [0.2, 0.25) is 0 Å². The van der Waals surface area contributed by atoms with Crippen molar-refractivity contribution in [3.63, 3.8) is 0 Å². The van der Waals surface area contributed by atoms with E-state index in [4.69, 9.17) is 18.0 Å². The van der Waals surface area contributed by atoms with Gasteiger partial charge in [-0.1, -0.05) is 18.3 Å². The summed E-state index contributed by atoms with van der Waals surface area (Å²) < 4.78 is 0. The van der Waals surface area contributed by atoms with Crippen molar-refractivity contribution in [3.05, 3.63) is 23.9 Å². The molecule has 1 aromatic heterocycles. The molecular formula is C13H20N4S. The lowest BCUT2D eigenvalue weighted by Crippen LogP contribution is -2.33. The standard InChI is InChI=1S/C13H20N4S/c1-17-7-5-10(6-8-17)9-15-12-4-2-3-11(16-12)13(14)18/h2-4,10H,5-9H2,1H3,(H2,14,18)(H,15,16). The fraction of sp³-hybridized carbons (Fsp3) is 0.538. The first-order valence-electron chi connectivity index (χ1n) is 6.34. The second-order valence-corrected chi connectivity index (χ2v) is 5.34. The molecular weight excluding hydrogens is 244 g/mol. The lowest BCUT2D eigenvalue weighted by atomic mass is 9.97. The SMILES string of the molecule is CN1CCC(CNc2cccc(C(N)=S)n2)CC1. The molecule has 3 N–H and O–H groups in total. The Morgan fingerprint density at radius 3 is 2.89 bits per heavy atom. The predicted octanol–water partition coefficient (Wildman–Crippen LogP) is 1.47. The Kier molecular flexibility index (Phi) is 4.49. The van der Waals surface area contributed by atoms with Crippen LogP contribution in [0.5, 0.6) is 0 Å². The monoisotopic (exact) mass is 264 g/mol. The van der Waals surface area contributed by atoms with Crippen LogP contribution >= 0.6 is 12.2 Å². The van der Waals surface area contributed by atoms with E-state index >= 15 is 0 Å². The van der Waals surface area contributed by atoms with Crippen LogP contribution in [0.15, 0.2) is 18.2 Å². The topological polar surface area (TPSA) is 54.2 Å². The number of thiocarbonyl (C=S) groups is 1. The Bertz CT molecular complexity index is 413. The molecule has 98 valence electrons. The molecule has 1 saturated heterocycles. The summed E-state index contributed by atoms with van der Waals surface area (Å²) in [5, 5.41) is 3.38. The molecule has 0 atom stereocenters. The molecule has 0 spiro atoms. The number of rotatable bonds is 4. The molecule has 0 aliphatic carbocycles. The quantitative estimate of drug-likeness (QED) is 0.807. The summed E-state index contributed by atoms with van der Waals surface area (Å²) in [4.78, 5) is 7.11. The van der Waals surface area contributed by atoms with Gasteiger partial charge in [0.05, 0.1) is 5.69 Å². The summed E-state index contributed by atoms with van der Waals surface area (Å²) in [5.74, 6) is 1.59. The van der Waals surface area contributed by atoms with Crippen LogP contribution in [-0.2, 0) is 0 Å². The highest BCUT2D eigenvalue weighted by Gasteiger charge is 2.16. The summed E-state index contributed by atoms with van der Waals surface area (Å²) in [6.45, 7) is 3.35. The molecule has 0 bridgehead atoms. The highest BCUT2D eigenvalue weighted by atomic mass is 32.1. The van der Waals surface area contributed by atoms with Crippen molar-refractivity contribution in [2.75, 3.05) is 32.0 Å². The first-order valence-corrected chi connectivity index (χ1v) is 6.75. The molecule has 1 aliphatic heterocycles. The summed E-state index contributed by atoms with van der Waals surface area (Å²) in [5.41, 5.74) is 6.25. The van der Waals surface area contributed by atoms with Crippen LogP contribution in [0.4, 0.5) is 5.82 Å². The van der Waals surface area contributed by atoms with Gasteiger partial charge in [-0.2, -0.15) is 0 Å². The van der Waals surface area contributed by atoms with Crippen LogP contribution in [0, 0.1) is 5.92 Å². The fourth-order valence-corrected chi connectivity index (χ4v) is 2.30. The first kappa shape index (κ1) is 13.2. The Morgan fingerprint density at radius 2 is 2.22 bits per heavy atom. The van der Waals surface area contributed by atoms with Crippen molar-refractivity contribution in [1.29, 1.82) is 0 Å². The normalized spacial score (nSPS) is 17.6. The number of hydrogen-bond acceptors (Lipinski definition) is 4. The first-order chi connectivity index (χ1) is 8.65. The van der Waals surface area contributed by atoms with Crippen molar-refractivity contribution < 1.29 is 0 Å². The molecule has 1 aliphatic rings. The van der Waals surface area contributed by atoms with E-state index in [0.717, 1.165) is 18.3 Å². The summed E-state index contributed by atoms with van der Waals surface area (Å²) in [7, 11) is 2.18. The van der Waals surface area contributed by atoms with Crippen LogP contribution in [-0.4, -0.2) is 41.6 Å². The smallest absolute Gasteiger partial charge is 0.126 e. The Labute approximate surface area is 114 Å². The predicted molar refractivity (Wildman–Crippen MR) is 78.8 cm³/mol. The number of nitrogens with zero attached hydrogens (tertiary/aromatic N) is 2. The zero-order valence-corrected chi connectivity index (χ0v) is 11.5. The molecule has 0 aromatic carbocycles. The van der Waals surface area contributed by atoms with Gasteiger partial charge in [0, 0.05) is 6.54 Å². The molecule has 1 aromatic rings. The molecule has 18 heavy (non-hydrogen) atoms.